The van der Waals surface area contributed by atoms with E-state index in [4.69, 9.17) is 11.6 Å². The third-order valence-electron chi connectivity index (χ3n) is 1.68. The summed E-state index contributed by atoms with van der Waals surface area (Å²) in [6.45, 7) is 5.21. The third-order valence-corrected chi connectivity index (χ3v) is 1.87. The van der Waals surface area contributed by atoms with Gasteiger partial charge < -0.3 is 5.32 Å². The fraction of sp³-hybridized carbons (Fsp3) is 0.333. The highest BCUT2D eigenvalue weighted by Gasteiger charge is 2.35. The van der Waals surface area contributed by atoms with E-state index in [9.17, 15) is 13.2 Å². The summed E-state index contributed by atoms with van der Waals surface area (Å²) in [7, 11) is 0. The lowest BCUT2D eigenvalue weighted by atomic mass is 10.3. The maximum absolute atomic E-state index is 12.3. The molecule has 1 aromatic rings. The van der Waals surface area contributed by atoms with E-state index >= 15 is 0 Å². The zero-order valence-electron chi connectivity index (χ0n) is 8.35. The van der Waals surface area contributed by atoms with Crippen LogP contribution < -0.4 is 5.32 Å². The molecule has 0 aliphatic carbocycles. The second kappa shape index (κ2) is 4.69. The molecule has 7 heteroatoms. The van der Waals surface area contributed by atoms with Gasteiger partial charge in [0.15, 0.2) is 0 Å². The summed E-state index contributed by atoms with van der Waals surface area (Å²) in [4.78, 5) is 6.42. The molecule has 88 valence electrons. The summed E-state index contributed by atoms with van der Waals surface area (Å²) in [5.74, 6) is -1.25. The minimum atomic E-state index is -4.61. The minimum absolute atomic E-state index is 0.0136. The minimum Gasteiger partial charge on any atom is -0.364 e. The largest absolute Gasteiger partial charge is 0.451 e. The van der Waals surface area contributed by atoms with Crippen molar-refractivity contribution in [1.29, 1.82) is 0 Å². The maximum atomic E-state index is 12.3. The van der Waals surface area contributed by atoms with Crippen molar-refractivity contribution in [2.24, 2.45) is 0 Å². The zero-order chi connectivity index (χ0) is 12.3. The van der Waals surface area contributed by atoms with Crippen LogP contribution in [0.1, 0.15) is 12.7 Å². The normalized spacial score (nSPS) is 13.3. The Balaban J connectivity index is 3.03. The van der Waals surface area contributed by atoms with Crippen molar-refractivity contribution in [2.45, 2.75) is 19.1 Å². The average molecular weight is 252 g/mol. The Bertz CT molecular complexity index is 392. The fourth-order valence-corrected chi connectivity index (χ4v) is 1.09. The van der Waals surface area contributed by atoms with Crippen molar-refractivity contribution in [1.82, 2.24) is 9.97 Å². The number of nitrogens with one attached hydrogen (secondary N) is 1. The van der Waals surface area contributed by atoms with Gasteiger partial charge in [0.25, 0.3) is 0 Å². The monoisotopic (exact) mass is 251 g/mol. The molecule has 0 aliphatic rings. The molecule has 1 atom stereocenters. The van der Waals surface area contributed by atoms with Crippen LogP contribution in [0.15, 0.2) is 18.7 Å². The van der Waals surface area contributed by atoms with Gasteiger partial charge in [-0.2, -0.15) is 13.2 Å². The number of hydrogen-bond donors (Lipinski definition) is 1. The maximum Gasteiger partial charge on any atom is 0.451 e. The second-order valence-electron chi connectivity index (χ2n) is 3.07. The van der Waals surface area contributed by atoms with Gasteiger partial charge in [-0.25, -0.2) is 9.97 Å². The molecule has 1 aromatic heterocycles. The van der Waals surface area contributed by atoms with Crippen molar-refractivity contribution in [3.8, 4) is 0 Å². The Morgan fingerprint density at radius 1 is 1.50 bits per heavy atom. The van der Waals surface area contributed by atoms with Crippen LogP contribution in [0.2, 0.25) is 5.15 Å². The van der Waals surface area contributed by atoms with Gasteiger partial charge >= 0.3 is 6.18 Å². The summed E-state index contributed by atoms with van der Waals surface area (Å²) in [5, 5.41) is 2.43. The van der Waals surface area contributed by atoms with Crippen molar-refractivity contribution in [3.05, 3.63) is 29.7 Å². The van der Waals surface area contributed by atoms with E-state index in [0.29, 0.717) is 0 Å². The molecular weight excluding hydrogens is 243 g/mol. The highest BCUT2D eigenvalue weighted by atomic mass is 35.5. The Kier molecular flexibility index (Phi) is 3.74. The quantitative estimate of drug-likeness (QED) is 0.662. The summed E-state index contributed by atoms with van der Waals surface area (Å²) >= 11 is 5.47. The third kappa shape index (κ3) is 3.37. The van der Waals surface area contributed by atoms with Crippen molar-refractivity contribution < 1.29 is 13.2 Å². The first-order chi connectivity index (χ1) is 7.32. The molecule has 0 radical (unpaired) electrons. The number of halogens is 4. The van der Waals surface area contributed by atoms with Gasteiger partial charge in [0.05, 0.1) is 0 Å². The van der Waals surface area contributed by atoms with Gasteiger partial charge in [-0.3, -0.25) is 0 Å². The molecule has 1 N–H and O–H groups in total. The predicted molar refractivity (Wildman–Crippen MR) is 55.3 cm³/mol. The van der Waals surface area contributed by atoms with E-state index in [-0.39, 0.29) is 17.0 Å². The number of aromatic nitrogens is 2. The van der Waals surface area contributed by atoms with E-state index in [1.165, 1.54) is 12.1 Å². The molecule has 0 aromatic carbocycles. The zero-order valence-corrected chi connectivity index (χ0v) is 9.10. The van der Waals surface area contributed by atoms with Crippen LogP contribution in [0.3, 0.4) is 0 Å². The van der Waals surface area contributed by atoms with Gasteiger partial charge in [-0.1, -0.05) is 17.7 Å². The molecule has 0 spiro atoms. The van der Waals surface area contributed by atoms with E-state index < -0.39 is 12.0 Å². The highest BCUT2D eigenvalue weighted by Crippen LogP contribution is 2.28. The topological polar surface area (TPSA) is 37.8 Å². The molecule has 0 fully saturated rings. The molecule has 0 bridgehead atoms. The second-order valence-corrected chi connectivity index (χ2v) is 3.45. The summed E-state index contributed by atoms with van der Waals surface area (Å²) in [6, 6.07) is 1.00. The fourth-order valence-electron chi connectivity index (χ4n) is 0.911. The van der Waals surface area contributed by atoms with Crippen LogP contribution in [0.5, 0.6) is 0 Å². The summed E-state index contributed by atoms with van der Waals surface area (Å²) < 4.78 is 37.0. The molecule has 0 aliphatic heterocycles. The van der Waals surface area contributed by atoms with Gasteiger partial charge in [-0.05, 0) is 6.92 Å². The molecule has 16 heavy (non-hydrogen) atoms. The SMILES string of the molecule is C=CC(C)Nc1cc(Cl)nc(C(F)(F)F)n1. The Morgan fingerprint density at radius 2 is 2.12 bits per heavy atom. The lowest BCUT2D eigenvalue weighted by Gasteiger charge is -2.12. The molecule has 1 heterocycles. The van der Waals surface area contributed by atoms with Gasteiger partial charge in [0.2, 0.25) is 5.82 Å². The first-order valence-corrected chi connectivity index (χ1v) is 4.71. The number of anilines is 1. The lowest BCUT2D eigenvalue weighted by Crippen LogP contribution is -2.17. The van der Waals surface area contributed by atoms with Gasteiger partial charge in [0.1, 0.15) is 11.0 Å². The molecule has 1 rings (SSSR count). The summed E-state index contributed by atoms with van der Waals surface area (Å²) in [5.41, 5.74) is 0. The van der Waals surface area contributed by atoms with Gasteiger partial charge in [-0.15, -0.1) is 6.58 Å². The molecule has 3 nitrogen and oxygen atoms in total. The Morgan fingerprint density at radius 3 is 2.62 bits per heavy atom. The van der Waals surface area contributed by atoms with Crippen LogP contribution in [-0.2, 0) is 6.18 Å². The molecular formula is C9H9ClF3N3. The van der Waals surface area contributed by atoms with Crippen molar-refractivity contribution in [2.75, 3.05) is 5.32 Å². The van der Waals surface area contributed by atoms with E-state index in [1.807, 2.05) is 0 Å². The first kappa shape index (κ1) is 12.8. The van der Waals surface area contributed by atoms with E-state index in [0.717, 1.165) is 0 Å². The van der Waals surface area contributed by atoms with Crippen LogP contribution in [-0.4, -0.2) is 16.0 Å². The van der Waals surface area contributed by atoms with Crippen molar-refractivity contribution in [3.63, 3.8) is 0 Å². The smallest absolute Gasteiger partial charge is 0.364 e. The number of rotatable bonds is 3. The van der Waals surface area contributed by atoms with Crippen LogP contribution in [0.4, 0.5) is 19.0 Å². The molecule has 1 unspecified atom stereocenters. The number of nitrogens with zero attached hydrogens (tertiary/aromatic N) is 2. The molecule has 0 amide bonds. The molecule has 0 saturated carbocycles. The van der Waals surface area contributed by atoms with Crippen LogP contribution in [0.25, 0.3) is 0 Å². The predicted octanol–water partition coefficient (Wildman–Crippen LogP) is 3.14. The first-order valence-electron chi connectivity index (χ1n) is 4.34. The van der Waals surface area contributed by atoms with Crippen LogP contribution >= 0.6 is 11.6 Å². The van der Waals surface area contributed by atoms with Gasteiger partial charge in [0, 0.05) is 12.1 Å². The summed E-state index contributed by atoms with van der Waals surface area (Å²) in [6.07, 6.45) is -3.08. The lowest BCUT2D eigenvalue weighted by molar-refractivity contribution is -0.144. The van der Waals surface area contributed by atoms with Crippen LogP contribution in [0, 0.1) is 0 Å². The number of alkyl halides is 3. The molecule has 0 saturated heterocycles. The van der Waals surface area contributed by atoms with E-state index in [1.54, 1.807) is 6.92 Å². The average Bonchev–Trinajstić information content (AvgIpc) is 2.15. The Hall–Kier alpha value is -1.30. The van der Waals surface area contributed by atoms with E-state index in [2.05, 4.69) is 21.9 Å². The van der Waals surface area contributed by atoms with Crippen molar-refractivity contribution >= 4 is 17.4 Å². The highest BCUT2D eigenvalue weighted by molar-refractivity contribution is 6.29. The standard InChI is InChI=1S/C9H9ClF3N3/c1-3-5(2)14-7-4-6(10)15-8(16-7)9(11,12)13/h3-5H,1H2,2H3,(H,14,15,16). The number of hydrogen-bond acceptors (Lipinski definition) is 3. The Labute approximate surface area is 95.4 Å².